The van der Waals surface area contributed by atoms with E-state index < -0.39 is 12.3 Å². The summed E-state index contributed by atoms with van der Waals surface area (Å²) in [6.45, 7) is 1.95. The van der Waals surface area contributed by atoms with Crippen LogP contribution in [-0.2, 0) is 0 Å². The first-order chi connectivity index (χ1) is 12.7. The van der Waals surface area contributed by atoms with Crippen LogP contribution in [0.25, 0.3) is 11.1 Å². The van der Waals surface area contributed by atoms with Gasteiger partial charge in [-0.25, -0.2) is 4.98 Å². The lowest BCUT2D eigenvalue weighted by atomic mass is 10.0. The van der Waals surface area contributed by atoms with Crippen molar-refractivity contribution in [3.63, 3.8) is 0 Å². The molecular formula is C19H15ClF3N3O. The zero-order chi connectivity index (χ0) is 19.6. The minimum absolute atomic E-state index is 0.0628. The Hall–Kier alpha value is -2.80. The van der Waals surface area contributed by atoms with Crippen LogP contribution in [-0.4, -0.2) is 16.1 Å². The number of benzene rings is 2. The van der Waals surface area contributed by atoms with Gasteiger partial charge in [-0.3, -0.25) is 0 Å². The highest BCUT2D eigenvalue weighted by Crippen LogP contribution is 2.37. The summed E-state index contributed by atoms with van der Waals surface area (Å²) in [7, 11) is 0. The molecule has 1 aromatic heterocycles. The third-order valence-corrected chi connectivity index (χ3v) is 3.98. The average Bonchev–Trinajstić information content (AvgIpc) is 2.58. The monoisotopic (exact) mass is 393 g/mol. The maximum atomic E-state index is 13.5. The van der Waals surface area contributed by atoms with E-state index in [0.29, 0.717) is 0 Å². The normalized spacial score (nSPS) is 12.6. The van der Waals surface area contributed by atoms with Crippen LogP contribution in [0.3, 0.4) is 0 Å². The van der Waals surface area contributed by atoms with E-state index in [9.17, 15) is 13.2 Å². The molecule has 2 N–H and O–H groups in total. The van der Waals surface area contributed by atoms with E-state index in [1.165, 1.54) is 12.1 Å². The number of nitrogens with two attached hydrogens (primary N) is 1. The first-order valence-electron chi connectivity index (χ1n) is 7.93. The molecule has 0 saturated carbocycles. The molecule has 0 unspecified atom stereocenters. The van der Waals surface area contributed by atoms with Gasteiger partial charge in [-0.05, 0) is 18.1 Å². The molecule has 0 aliphatic rings. The lowest BCUT2D eigenvalue weighted by molar-refractivity contribution is -0.198. The second kappa shape index (κ2) is 7.44. The Balaban J connectivity index is 1.91. The topological polar surface area (TPSA) is 61.0 Å². The molecule has 2 aromatic carbocycles. The van der Waals surface area contributed by atoms with E-state index in [1.54, 1.807) is 12.1 Å². The predicted molar refractivity (Wildman–Crippen MR) is 97.5 cm³/mol. The largest absolute Gasteiger partial charge is 0.460 e. The molecule has 3 rings (SSSR count). The van der Waals surface area contributed by atoms with E-state index in [1.807, 2.05) is 31.2 Å². The van der Waals surface area contributed by atoms with Crippen LogP contribution in [0.15, 0.2) is 54.6 Å². The third-order valence-electron chi connectivity index (χ3n) is 3.79. The fourth-order valence-corrected chi connectivity index (χ4v) is 2.77. The van der Waals surface area contributed by atoms with E-state index in [-0.39, 0.29) is 22.5 Å². The SMILES string of the molecule is Cc1cccc(-c2ccc([C@@H](Oc3cc(Cl)nc(N)n3)C(F)(F)F)cc2)c1. The first-order valence-corrected chi connectivity index (χ1v) is 8.30. The van der Waals surface area contributed by atoms with Gasteiger partial charge >= 0.3 is 6.18 Å². The summed E-state index contributed by atoms with van der Waals surface area (Å²) in [6, 6.07) is 14.8. The first kappa shape index (κ1) is 19.0. The van der Waals surface area contributed by atoms with Gasteiger partial charge < -0.3 is 10.5 Å². The van der Waals surface area contributed by atoms with Crippen molar-refractivity contribution >= 4 is 17.5 Å². The Kier molecular flexibility index (Phi) is 5.23. The summed E-state index contributed by atoms with van der Waals surface area (Å²) in [5.74, 6) is -0.620. The number of halogens is 4. The lowest BCUT2D eigenvalue weighted by Gasteiger charge is -2.22. The molecule has 0 bridgehead atoms. The van der Waals surface area contributed by atoms with E-state index in [0.717, 1.165) is 22.8 Å². The maximum Gasteiger partial charge on any atom is 0.429 e. The Bertz CT molecular complexity index is 925. The quantitative estimate of drug-likeness (QED) is 0.605. The molecule has 0 aliphatic carbocycles. The lowest BCUT2D eigenvalue weighted by Crippen LogP contribution is -2.26. The standard InChI is InChI=1S/C19H15ClF3N3O/c1-11-3-2-4-14(9-11)12-5-7-13(8-6-12)17(19(21,22)23)27-16-10-15(20)25-18(24)26-16/h2-10,17H,1H3,(H2,24,25,26)/t17-/m1/s1. The number of alkyl halides is 3. The summed E-state index contributed by atoms with van der Waals surface area (Å²) in [5, 5.41) is -0.104. The number of anilines is 1. The van der Waals surface area contributed by atoms with Crippen molar-refractivity contribution in [3.8, 4) is 17.0 Å². The number of hydrogen-bond acceptors (Lipinski definition) is 4. The van der Waals surface area contributed by atoms with Gasteiger partial charge in [0.15, 0.2) is 0 Å². The Morgan fingerprint density at radius 1 is 1.00 bits per heavy atom. The van der Waals surface area contributed by atoms with Crippen LogP contribution in [0.4, 0.5) is 19.1 Å². The molecule has 140 valence electrons. The summed E-state index contributed by atoms with van der Waals surface area (Å²) in [6.07, 6.45) is -6.87. The second-order valence-electron chi connectivity index (χ2n) is 5.92. The molecular weight excluding hydrogens is 379 g/mol. The van der Waals surface area contributed by atoms with E-state index in [4.69, 9.17) is 22.1 Å². The number of ether oxygens (including phenoxy) is 1. The Morgan fingerprint density at radius 3 is 2.30 bits per heavy atom. The van der Waals surface area contributed by atoms with Crippen LogP contribution < -0.4 is 10.5 Å². The molecule has 0 aliphatic heterocycles. The zero-order valence-corrected chi connectivity index (χ0v) is 14.9. The smallest absolute Gasteiger partial charge is 0.429 e. The molecule has 0 fully saturated rings. The van der Waals surface area contributed by atoms with Gasteiger partial charge in [0.1, 0.15) is 5.15 Å². The van der Waals surface area contributed by atoms with Crippen LogP contribution in [0.1, 0.15) is 17.2 Å². The average molecular weight is 394 g/mol. The van der Waals surface area contributed by atoms with Crippen molar-refractivity contribution in [2.24, 2.45) is 0 Å². The minimum Gasteiger partial charge on any atom is -0.460 e. The van der Waals surface area contributed by atoms with Gasteiger partial charge in [-0.1, -0.05) is 65.7 Å². The molecule has 4 nitrogen and oxygen atoms in total. The third kappa shape index (κ3) is 4.68. The zero-order valence-electron chi connectivity index (χ0n) is 14.2. The molecule has 8 heteroatoms. The summed E-state index contributed by atoms with van der Waals surface area (Å²) >= 11 is 5.70. The van der Waals surface area contributed by atoms with Crippen molar-refractivity contribution in [3.05, 3.63) is 70.9 Å². The van der Waals surface area contributed by atoms with Gasteiger partial charge in [0.25, 0.3) is 0 Å². The van der Waals surface area contributed by atoms with E-state index in [2.05, 4.69) is 9.97 Å². The van der Waals surface area contributed by atoms with Gasteiger partial charge in [0.2, 0.25) is 17.9 Å². The van der Waals surface area contributed by atoms with Crippen LogP contribution >= 0.6 is 11.6 Å². The molecule has 1 heterocycles. The van der Waals surface area contributed by atoms with Crippen molar-refractivity contribution in [2.45, 2.75) is 19.2 Å². The van der Waals surface area contributed by atoms with Crippen LogP contribution in [0.5, 0.6) is 5.88 Å². The molecule has 0 radical (unpaired) electrons. The Morgan fingerprint density at radius 2 is 1.70 bits per heavy atom. The molecule has 0 amide bonds. The highest BCUT2D eigenvalue weighted by molar-refractivity contribution is 6.29. The maximum absolute atomic E-state index is 13.5. The minimum atomic E-state index is -4.66. The molecule has 27 heavy (non-hydrogen) atoms. The Labute approximate surface area is 158 Å². The van der Waals surface area contributed by atoms with Gasteiger partial charge in [0, 0.05) is 11.6 Å². The predicted octanol–water partition coefficient (Wildman–Crippen LogP) is 5.37. The highest BCUT2D eigenvalue weighted by Gasteiger charge is 2.43. The molecule has 3 aromatic rings. The second-order valence-corrected chi connectivity index (χ2v) is 6.31. The van der Waals surface area contributed by atoms with Crippen LogP contribution in [0, 0.1) is 6.92 Å². The fraction of sp³-hybridized carbons (Fsp3) is 0.158. The fourth-order valence-electron chi connectivity index (χ4n) is 2.59. The molecule has 1 atom stereocenters. The number of aromatic nitrogens is 2. The molecule has 0 spiro atoms. The van der Waals surface area contributed by atoms with Crippen molar-refractivity contribution in [2.75, 3.05) is 5.73 Å². The van der Waals surface area contributed by atoms with Gasteiger partial charge in [0.05, 0.1) is 0 Å². The number of hydrogen-bond donors (Lipinski definition) is 1. The highest BCUT2D eigenvalue weighted by atomic mass is 35.5. The summed E-state index contributed by atoms with van der Waals surface area (Å²) in [5.41, 5.74) is 8.13. The van der Waals surface area contributed by atoms with Crippen molar-refractivity contribution < 1.29 is 17.9 Å². The summed E-state index contributed by atoms with van der Waals surface area (Å²) < 4.78 is 45.7. The van der Waals surface area contributed by atoms with E-state index >= 15 is 0 Å². The van der Waals surface area contributed by atoms with Crippen LogP contribution in [0.2, 0.25) is 5.15 Å². The summed E-state index contributed by atoms with van der Waals surface area (Å²) in [4.78, 5) is 7.25. The number of nitrogen functional groups attached to an aromatic ring is 1. The van der Waals surface area contributed by atoms with Crippen molar-refractivity contribution in [1.82, 2.24) is 9.97 Å². The van der Waals surface area contributed by atoms with Crippen molar-refractivity contribution in [1.29, 1.82) is 0 Å². The molecule has 0 saturated heterocycles. The van der Waals surface area contributed by atoms with Gasteiger partial charge in [-0.2, -0.15) is 18.2 Å². The number of nitrogens with zero attached hydrogens (tertiary/aromatic N) is 2. The van der Waals surface area contributed by atoms with Gasteiger partial charge in [-0.15, -0.1) is 0 Å². The number of rotatable bonds is 4. The number of aryl methyl sites for hydroxylation is 1.